The minimum Gasteiger partial charge on any atom is -0.505 e. The van der Waals surface area contributed by atoms with Crippen molar-refractivity contribution in [3.8, 4) is 11.5 Å². The van der Waals surface area contributed by atoms with Crippen molar-refractivity contribution >= 4 is 67.1 Å². The number of azo groups is 1. The first-order valence-corrected chi connectivity index (χ1v) is 13.3. The fraction of sp³-hybridized carbons (Fsp3) is 0.115. The Balaban J connectivity index is 1.80. The van der Waals surface area contributed by atoms with Crippen molar-refractivity contribution in [3.63, 3.8) is 0 Å². The van der Waals surface area contributed by atoms with Crippen molar-refractivity contribution in [3.05, 3.63) is 81.8 Å². The lowest BCUT2D eigenvalue weighted by atomic mass is 10.0. The number of hydrogen-bond donors (Lipinski definition) is 3. The van der Waals surface area contributed by atoms with Gasteiger partial charge in [-0.3, -0.25) is 9.35 Å². The molecule has 0 aliphatic heterocycles. The molecule has 0 radical (unpaired) electrons. The molecular formula is C26H21Cl2N3O6S. The summed E-state index contributed by atoms with van der Waals surface area (Å²) in [4.78, 5) is 12.8. The first-order valence-electron chi connectivity index (χ1n) is 11.1. The monoisotopic (exact) mass is 573 g/mol. The van der Waals surface area contributed by atoms with Crippen LogP contribution in [0.2, 0.25) is 10.0 Å². The molecule has 0 heterocycles. The number of nitrogens with zero attached hydrogens (tertiary/aromatic N) is 2. The molecule has 9 nitrogen and oxygen atoms in total. The van der Waals surface area contributed by atoms with E-state index in [4.69, 9.17) is 27.9 Å². The molecule has 0 aliphatic rings. The van der Waals surface area contributed by atoms with E-state index in [2.05, 4.69) is 15.5 Å². The molecule has 0 saturated carbocycles. The van der Waals surface area contributed by atoms with E-state index in [1.54, 1.807) is 43.3 Å². The number of hydrogen-bond acceptors (Lipinski definition) is 7. The highest BCUT2D eigenvalue weighted by Crippen LogP contribution is 2.41. The second kappa shape index (κ2) is 11.0. The summed E-state index contributed by atoms with van der Waals surface area (Å²) in [6, 6.07) is 15.5. The van der Waals surface area contributed by atoms with Crippen molar-refractivity contribution in [2.45, 2.75) is 18.2 Å². The van der Waals surface area contributed by atoms with E-state index in [1.807, 2.05) is 0 Å². The Morgan fingerprint density at radius 1 is 1.03 bits per heavy atom. The lowest BCUT2D eigenvalue weighted by molar-refractivity contribution is 0.102. The zero-order chi connectivity index (χ0) is 27.6. The number of benzene rings is 4. The molecule has 4 aromatic carbocycles. The average molecular weight is 574 g/mol. The van der Waals surface area contributed by atoms with E-state index in [1.165, 1.54) is 25.3 Å². The highest BCUT2D eigenvalue weighted by atomic mass is 35.5. The number of carbonyl (C=O) groups is 1. The summed E-state index contributed by atoms with van der Waals surface area (Å²) in [7, 11) is -3.10. The maximum Gasteiger partial charge on any atom is 0.294 e. The molecule has 0 aromatic heterocycles. The molecule has 3 N–H and O–H groups in total. The number of aryl methyl sites for hydroxylation is 1. The second-order valence-electron chi connectivity index (χ2n) is 8.09. The van der Waals surface area contributed by atoms with Gasteiger partial charge in [0.25, 0.3) is 16.0 Å². The van der Waals surface area contributed by atoms with Crippen LogP contribution in [0, 0.1) is 0 Å². The Labute approximate surface area is 228 Å². The van der Waals surface area contributed by atoms with Crippen molar-refractivity contribution < 1.29 is 27.6 Å². The van der Waals surface area contributed by atoms with Gasteiger partial charge in [-0.15, -0.1) is 10.2 Å². The number of methoxy groups -OCH3 is 1. The smallest absolute Gasteiger partial charge is 0.294 e. The summed E-state index contributed by atoms with van der Waals surface area (Å²) >= 11 is 12.3. The van der Waals surface area contributed by atoms with Gasteiger partial charge >= 0.3 is 0 Å². The van der Waals surface area contributed by atoms with E-state index in [0.717, 1.165) is 6.07 Å². The van der Waals surface area contributed by atoms with Crippen LogP contribution < -0.4 is 10.1 Å². The van der Waals surface area contributed by atoms with Crippen LogP contribution in [0.5, 0.6) is 11.5 Å². The number of nitrogens with one attached hydrogen (secondary N) is 1. The van der Waals surface area contributed by atoms with Crippen LogP contribution >= 0.6 is 23.2 Å². The molecule has 0 fully saturated rings. The van der Waals surface area contributed by atoms with Crippen LogP contribution in [0.4, 0.5) is 17.1 Å². The minimum absolute atomic E-state index is 0.0361. The molecule has 0 bridgehead atoms. The predicted octanol–water partition coefficient (Wildman–Crippen LogP) is 7.34. The molecule has 4 aromatic rings. The van der Waals surface area contributed by atoms with Crippen molar-refractivity contribution in [1.82, 2.24) is 0 Å². The third kappa shape index (κ3) is 5.58. The Morgan fingerprint density at radius 3 is 2.45 bits per heavy atom. The second-order valence-corrected chi connectivity index (χ2v) is 10.3. The van der Waals surface area contributed by atoms with Gasteiger partial charge in [-0.1, -0.05) is 54.4 Å². The molecule has 0 unspecified atom stereocenters. The Kier molecular flexibility index (Phi) is 7.89. The number of carbonyl (C=O) groups excluding carboxylic acids is 1. The van der Waals surface area contributed by atoms with E-state index in [9.17, 15) is 22.9 Å². The van der Waals surface area contributed by atoms with Crippen LogP contribution in [0.15, 0.2) is 75.8 Å². The molecular weight excluding hydrogens is 553 g/mol. The zero-order valence-electron chi connectivity index (χ0n) is 20.1. The third-order valence-corrected chi connectivity index (χ3v) is 7.25. The van der Waals surface area contributed by atoms with E-state index < -0.39 is 21.8 Å². The summed E-state index contributed by atoms with van der Waals surface area (Å²) in [5.41, 5.74) is 0.515. The molecule has 0 saturated heterocycles. The first kappa shape index (κ1) is 27.3. The standard InChI is InChI=1S/C26H21Cl2N3O6S/c1-3-14-11-20(28)21(13-23(14)38(34,35)36)30-31-24-17-7-5-4-6-15(17)10-18(25(24)32)26(33)29-16-8-9-19(27)22(12-16)37-2/h4-13,32H,3H2,1-2H3,(H,29,33)(H,34,35,36). The zero-order valence-corrected chi connectivity index (χ0v) is 22.4. The van der Waals surface area contributed by atoms with Crippen LogP contribution in [0.3, 0.4) is 0 Å². The maximum absolute atomic E-state index is 13.1. The fourth-order valence-corrected chi connectivity index (χ4v) is 5.02. The number of phenols is 1. The van der Waals surface area contributed by atoms with Gasteiger partial charge in [0.2, 0.25) is 0 Å². The maximum atomic E-state index is 13.1. The Bertz CT molecular complexity index is 1710. The van der Waals surface area contributed by atoms with Crippen LogP contribution in [-0.4, -0.2) is 31.1 Å². The Hall–Kier alpha value is -3.70. The largest absolute Gasteiger partial charge is 0.505 e. The van der Waals surface area contributed by atoms with Gasteiger partial charge in [0.05, 0.1) is 27.6 Å². The number of ether oxygens (including phenoxy) is 1. The number of amides is 1. The van der Waals surface area contributed by atoms with Gasteiger partial charge < -0.3 is 15.2 Å². The molecule has 12 heteroatoms. The van der Waals surface area contributed by atoms with Crippen molar-refractivity contribution in [2.75, 3.05) is 12.4 Å². The van der Waals surface area contributed by atoms with Gasteiger partial charge in [0.15, 0.2) is 5.75 Å². The summed E-state index contributed by atoms with van der Waals surface area (Å²) < 4.78 is 38.5. The highest BCUT2D eigenvalue weighted by molar-refractivity contribution is 7.85. The van der Waals surface area contributed by atoms with E-state index >= 15 is 0 Å². The normalized spacial score (nSPS) is 11.7. The van der Waals surface area contributed by atoms with Crippen molar-refractivity contribution in [1.29, 1.82) is 0 Å². The van der Waals surface area contributed by atoms with E-state index in [-0.39, 0.29) is 26.9 Å². The van der Waals surface area contributed by atoms with Gasteiger partial charge in [-0.2, -0.15) is 8.42 Å². The number of phenolic OH excluding ortho intramolecular Hbond substituents is 1. The van der Waals surface area contributed by atoms with E-state index in [0.29, 0.717) is 39.2 Å². The predicted molar refractivity (Wildman–Crippen MR) is 146 cm³/mol. The molecule has 0 atom stereocenters. The number of rotatable bonds is 7. The summed E-state index contributed by atoms with van der Waals surface area (Å²) in [5, 5.41) is 23.5. The SMILES string of the molecule is CCc1cc(Cl)c(N=Nc2c(O)c(C(=O)Nc3ccc(Cl)c(OC)c3)cc3ccccc23)cc1S(=O)(=O)O. The molecule has 38 heavy (non-hydrogen) atoms. The number of anilines is 1. The lowest BCUT2D eigenvalue weighted by Gasteiger charge is -2.12. The molecule has 1 amide bonds. The van der Waals surface area contributed by atoms with Gasteiger partial charge in [0.1, 0.15) is 17.1 Å². The molecule has 0 aliphatic carbocycles. The number of fused-ring (bicyclic) bond motifs is 1. The highest BCUT2D eigenvalue weighted by Gasteiger charge is 2.21. The summed E-state index contributed by atoms with van der Waals surface area (Å²) in [6.45, 7) is 1.71. The number of aromatic hydroxyl groups is 1. The van der Waals surface area contributed by atoms with Crippen LogP contribution in [0.1, 0.15) is 22.8 Å². The molecule has 0 spiro atoms. The first-order chi connectivity index (χ1) is 18.0. The topological polar surface area (TPSA) is 138 Å². The lowest BCUT2D eigenvalue weighted by Crippen LogP contribution is -2.12. The van der Waals surface area contributed by atoms with Gasteiger partial charge in [-0.25, -0.2) is 0 Å². The number of halogens is 2. The van der Waals surface area contributed by atoms with Crippen molar-refractivity contribution in [2.24, 2.45) is 10.2 Å². The third-order valence-electron chi connectivity index (χ3n) is 5.70. The molecule has 196 valence electrons. The molecule has 4 rings (SSSR count). The van der Waals surface area contributed by atoms with Gasteiger partial charge in [-0.05, 0) is 47.7 Å². The fourth-order valence-electron chi connectivity index (χ4n) is 3.81. The Morgan fingerprint density at radius 2 is 1.76 bits per heavy atom. The van der Waals surface area contributed by atoms with Crippen LogP contribution in [0.25, 0.3) is 10.8 Å². The summed E-state index contributed by atoms with van der Waals surface area (Å²) in [5.74, 6) is -0.729. The quantitative estimate of drug-likeness (QED) is 0.156. The summed E-state index contributed by atoms with van der Waals surface area (Å²) in [6.07, 6.45) is 0.300. The average Bonchev–Trinajstić information content (AvgIpc) is 2.88. The minimum atomic E-state index is -4.55. The van der Waals surface area contributed by atoms with Crippen LogP contribution in [-0.2, 0) is 16.5 Å². The van der Waals surface area contributed by atoms with Gasteiger partial charge in [0, 0.05) is 17.1 Å².